The third-order valence-corrected chi connectivity index (χ3v) is 4.55. The zero-order valence-electron chi connectivity index (χ0n) is 17.2. The Balaban J connectivity index is 1.65. The largest absolute Gasteiger partial charge is 0.490 e. The van der Waals surface area contributed by atoms with Crippen molar-refractivity contribution in [2.24, 2.45) is 4.99 Å². The lowest BCUT2D eigenvalue weighted by atomic mass is 10.1. The minimum atomic E-state index is -0.473. The summed E-state index contributed by atoms with van der Waals surface area (Å²) >= 11 is 0. The summed E-state index contributed by atoms with van der Waals surface area (Å²) in [4.78, 5) is 16.8. The number of carbonyl (C=O) groups is 1. The van der Waals surface area contributed by atoms with Crippen LogP contribution in [-0.4, -0.2) is 24.6 Å². The van der Waals surface area contributed by atoms with Crippen LogP contribution in [0.1, 0.15) is 31.9 Å². The molecule has 0 N–H and O–H groups in total. The van der Waals surface area contributed by atoms with Gasteiger partial charge in [-0.3, -0.25) is 0 Å². The van der Waals surface area contributed by atoms with Gasteiger partial charge in [0.1, 0.15) is 0 Å². The number of rotatable bonds is 6. The van der Waals surface area contributed by atoms with Gasteiger partial charge < -0.3 is 14.2 Å². The highest BCUT2D eigenvalue weighted by molar-refractivity contribution is 6.13. The van der Waals surface area contributed by atoms with Crippen molar-refractivity contribution in [2.45, 2.75) is 26.9 Å². The first kappa shape index (κ1) is 19.7. The maximum Gasteiger partial charge on any atom is 0.363 e. The topological polar surface area (TPSA) is 57.1 Å². The summed E-state index contributed by atoms with van der Waals surface area (Å²) in [5.74, 6) is 1.13. The molecule has 3 aromatic rings. The van der Waals surface area contributed by atoms with Gasteiger partial charge in [0.25, 0.3) is 0 Å². The molecular weight excluding hydrogens is 378 g/mol. The minimum absolute atomic E-state index is 0.0346. The quantitative estimate of drug-likeness (QED) is 0.412. The molecule has 0 atom stereocenters. The molecule has 0 fully saturated rings. The SMILES string of the molecule is CCOc1cc(/C=C2/N=C(c3ccc4ccccc4c3)OC2=O)ccc1OC(C)C. The van der Waals surface area contributed by atoms with E-state index in [4.69, 9.17) is 14.2 Å². The molecule has 0 amide bonds. The smallest absolute Gasteiger partial charge is 0.363 e. The number of esters is 1. The van der Waals surface area contributed by atoms with Crippen molar-refractivity contribution in [3.05, 3.63) is 77.5 Å². The lowest BCUT2D eigenvalue weighted by molar-refractivity contribution is -0.129. The molecule has 0 saturated heterocycles. The molecule has 5 heteroatoms. The van der Waals surface area contributed by atoms with Gasteiger partial charge in [0.2, 0.25) is 5.90 Å². The Morgan fingerprint density at radius 1 is 1.00 bits per heavy atom. The molecule has 3 aromatic carbocycles. The molecule has 1 heterocycles. The number of carbonyl (C=O) groups excluding carboxylic acids is 1. The Bertz CT molecular complexity index is 1160. The number of ether oxygens (including phenoxy) is 3. The van der Waals surface area contributed by atoms with Gasteiger partial charge in [-0.15, -0.1) is 0 Å². The Labute approximate surface area is 175 Å². The van der Waals surface area contributed by atoms with E-state index in [0.717, 1.165) is 21.9 Å². The predicted molar refractivity (Wildman–Crippen MR) is 118 cm³/mol. The zero-order valence-corrected chi connectivity index (χ0v) is 17.2. The molecule has 0 radical (unpaired) electrons. The van der Waals surface area contributed by atoms with Crippen molar-refractivity contribution in [1.82, 2.24) is 0 Å². The molecule has 0 aromatic heterocycles. The van der Waals surface area contributed by atoms with E-state index in [-0.39, 0.29) is 11.8 Å². The number of benzene rings is 3. The molecule has 0 unspecified atom stereocenters. The standard InChI is InChI=1S/C25H23NO4/c1-4-28-23-14-17(9-12-22(23)29-16(2)3)13-21-25(27)30-24(26-21)20-11-10-18-7-5-6-8-19(18)15-20/h5-16H,4H2,1-3H3/b21-13+. The summed E-state index contributed by atoms with van der Waals surface area (Å²) in [6.07, 6.45) is 1.73. The molecule has 0 bridgehead atoms. The molecule has 5 nitrogen and oxygen atoms in total. The summed E-state index contributed by atoms with van der Waals surface area (Å²) in [7, 11) is 0. The molecule has 0 saturated carbocycles. The number of cyclic esters (lactones) is 1. The van der Waals surface area contributed by atoms with E-state index in [1.54, 1.807) is 6.08 Å². The number of fused-ring (bicyclic) bond motifs is 1. The first-order chi connectivity index (χ1) is 14.5. The van der Waals surface area contributed by atoms with E-state index in [0.29, 0.717) is 24.0 Å². The Hall–Kier alpha value is -3.60. The summed E-state index contributed by atoms with van der Waals surface area (Å²) in [6, 6.07) is 19.4. The van der Waals surface area contributed by atoms with Crippen molar-refractivity contribution >= 4 is 28.7 Å². The Morgan fingerprint density at radius 3 is 2.57 bits per heavy atom. The van der Waals surface area contributed by atoms with Gasteiger partial charge >= 0.3 is 5.97 Å². The van der Waals surface area contributed by atoms with E-state index in [1.165, 1.54) is 0 Å². The lowest BCUT2D eigenvalue weighted by Crippen LogP contribution is -2.07. The molecule has 1 aliphatic rings. The van der Waals surface area contributed by atoms with Crippen LogP contribution in [0.15, 0.2) is 71.4 Å². The number of aliphatic imine (C=N–C) groups is 1. The first-order valence-electron chi connectivity index (χ1n) is 9.98. The van der Waals surface area contributed by atoms with E-state index in [1.807, 2.05) is 81.4 Å². The number of hydrogen-bond donors (Lipinski definition) is 0. The van der Waals surface area contributed by atoms with Crippen molar-refractivity contribution in [3.63, 3.8) is 0 Å². The molecule has 152 valence electrons. The average molecular weight is 401 g/mol. The third kappa shape index (κ3) is 4.20. The molecule has 0 aliphatic carbocycles. The van der Waals surface area contributed by atoms with E-state index < -0.39 is 5.97 Å². The van der Waals surface area contributed by atoms with Crippen molar-refractivity contribution in [2.75, 3.05) is 6.61 Å². The van der Waals surface area contributed by atoms with Crippen LogP contribution in [0.25, 0.3) is 16.8 Å². The van der Waals surface area contributed by atoms with Crippen molar-refractivity contribution in [3.8, 4) is 11.5 Å². The minimum Gasteiger partial charge on any atom is -0.490 e. The Kier molecular flexibility index (Phi) is 5.53. The number of hydrogen-bond acceptors (Lipinski definition) is 5. The highest BCUT2D eigenvalue weighted by atomic mass is 16.6. The zero-order chi connectivity index (χ0) is 21.1. The number of nitrogens with zero attached hydrogens (tertiary/aromatic N) is 1. The van der Waals surface area contributed by atoms with Crippen LogP contribution >= 0.6 is 0 Å². The average Bonchev–Trinajstić information content (AvgIpc) is 3.10. The fourth-order valence-corrected chi connectivity index (χ4v) is 3.25. The lowest BCUT2D eigenvalue weighted by Gasteiger charge is -2.14. The van der Waals surface area contributed by atoms with Crippen LogP contribution in [0.3, 0.4) is 0 Å². The fourth-order valence-electron chi connectivity index (χ4n) is 3.25. The maximum absolute atomic E-state index is 12.4. The van der Waals surface area contributed by atoms with E-state index in [2.05, 4.69) is 4.99 Å². The monoisotopic (exact) mass is 401 g/mol. The molecular formula is C25H23NO4. The summed E-state index contributed by atoms with van der Waals surface area (Å²) in [5, 5.41) is 2.18. The van der Waals surface area contributed by atoms with E-state index in [9.17, 15) is 4.79 Å². The summed E-state index contributed by atoms with van der Waals surface area (Å²) in [5.41, 5.74) is 1.80. The van der Waals surface area contributed by atoms with Gasteiger partial charge in [-0.25, -0.2) is 9.79 Å². The van der Waals surface area contributed by atoms with Crippen LogP contribution in [0.2, 0.25) is 0 Å². The van der Waals surface area contributed by atoms with Crippen LogP contribution in [0, 0.1) is 0 Å². The second-order valence-corrected chi connectivity index (χ2v) is 7.20. The van der Waals surface area contributed by atoms with Crippen LogP contribution in [0.5, 0.6) is 11.5 Å². The van der Waals surface area contributed by atoms with E-state index >= 15 is 0 Å². The van der Waals surface area contributed by atoms with Crippen molar-refractivity contribution in [1.29, 1.82) is 0 Å². The van der Waals surface area contributed by atoms with Gasteiger partial charge in [-0.05, 0) is 67.4 Å². The third-order valence-electron chi connectivity index (χ3n) is 4.55. The molecule has 30 heavy (non-hydrogen) atoms. The second kappa shape index (κ2) is 8.41. The van der Waals surface area contributed by atoms with Crippen LogP contribution < -0.4 is 9.47 Å². The molecule has 0 spiro atoms. The summed E-state index contributed by atoms with van der Waals surface area (Å²) < 4.78 is 16.9. The van der Waals surface area contributed by atoms with Gasteiger partial charge in [-0.1, -0.05) is 36.4 Å². The second-order valence-electron chi connectivity index (χ2n) is 7.20. The molecule has 1 aliphatic heterocycles. The highest BCUT2D eigenvalue weighted by Crippen LogP contribution is 2.31. The van der Waals surface area contributed by atoms with Gasteiger partial charge in [0, 0.05) is 5.56 Å². The van der Waals surface area contributed by atoms with Crippen LogP contribution in [-0.2, 0) is 9.53 Å². The summed E-state index contributed by atoms with van der Waals surface area (Å²) in [6.45, 7) is 6.35. The van der Waals surface area contributed by atoms with Crippen LogP contribution in [0.4, 0.5) is 0 Å². The van der Waals surface area contributed by atoms with Gasteiger partial charge in [0.05, 0.1) is 12.7 Å². The predicted octanol–water partition coefficient (Wildman–Crippen LogP) is 5.37. The Morgan fingerprint density at radius 2 is 1.80 bits per heavy atom. The normalized spacial score (nSPS) is 14.9. The van der Waals surface area contributed by atoms with Crippen molar-refractivity contribution < 1.29 is 19.0 Å². The first-order valence-corrected chi connectivity index (χ1v) is 9.98. The van der Waals surface area contributed by atoms with Gasteiger partial charge in [-0.2, -0.15) is 0 Å². The van der Waals surface area contributed by atoms with Gasteiger partial charge in [0.15, 0.2) is 17.2 Å². The maximum atomic E-state index is 12.4. The fraction of sp³-hybridized carbons (Fsp3) is 0.200. The highest BCUT2D eigenvalue weighted by Gasteiger charge is 2.24. The molecule has 4 rings (SSSR count).